The highest BCUT2D eigenvalue weighted by molar-refractivity contribution is 14.1. The van der Waals surface area contributed by atoms with Gasteiger partial charge in [0.05, 0.1) is 6.10 Å². The number of alkyl halides is 4. The van der Waals surface area contributed by atoms with Gasteiger partial charge in [-0.2, -0.15) is 13.2 Å². The predicted octanol–water partition coefficient (Wildman–Crippen LogP) is 4.34. The van der Waals surface area contributed by atoms with Crippen LogP contribution in [-0.4, -0.2) is 22.8 Å². The smallest absolute Gasteiger partial charge is 0.364 e. The second-order valence-electron chi connectivity index (χ2n) is 4.68. The first-order valence-corrected chi connectivity index (χ1v) is 7.17. The molecular weight excluding hydrogens is 332 g/mol. The highest BCUT2D eigenvalue weighted by Gasteiger charge is 2.63. The lowest BCUT2D eigenvalue weighted by molar-refractivity contribution is -0.346. The van der Waals surface area contributed by atoms with Gasteiger partial charge in [-0.3, -0.25) is 0 Å². The molecule has 1 rings (SSSR count). The van der Waals surface area contributed by atoms with Crippen LogP contribution in [0, 0.1) is 5.41 Å². The van der Waals surface area contributed by atoms with E-state index in [4.69, 9.17) is 4.74 Å². The third-order valence-electron chi connectivity index (χ3n) is 3.29. The quantitative estimate of drug-likeness (QED) is 0.407. The Balaban J connectivity index is 2.53. The topological polar surface area (TPSA) is 9.23 Å². The zero-order valence-electron chi connectivity index (χ0n) is 9.61. The molecule has 3 unspecified atom stereocenters. The minimum Gasteiger partial charge on any atom is -0.364 e. The zero-order valence-corrected chi connectivity index (χ0v) is 11.8. The monoisotopic (exact) mass is 350 g/mol. The molecule has 0 spiro atoms. The van der Waals surface area contributed by atoms with Gasteiger partial charge < -0.3 is 4.74 Å². The molecule has 0 aromatic heterocycles. The van der Waals surface area contributed by atoms with Crippen molar-refractivity contribution in [2.75, 3.05) is 4.43 Å². The van der Waals surface area contributed by atoms with Crippen LogP contribution < -0.4 is 0 Å². The average molecular weight is 350 g/mol. The van der Waals surface area contributed by atoms with Crippen LogP contribution >= 0.6 is 22.6 Å². The summed E-state index contributed by atoms with van der Waals surface area (Å²) in [7, 11) is 0. The maximum Gasteiger partial charge on any atom is 0.415 e. The number of halogens is 4. The molecule has 1 fully saturated rings. The Morgan fingerprint density at radius 2 is 1.94 bits per heavy atom. The summed E-state index contributed by atoms with van der Waals surface area (Å²) in [6.45, 7) is 3.77. The van der Waals surface area contributed by atoms with Crippen molar-refractivity contribution in [1.29, 1.82) is 0 Å². The summed E-state index contributed by atoms with van der Waals surface area (Å²) in [5, 5.41) is 0. The van der Waals surface area contributed by atoms with Gasteiger partial charge in [-0.1, -0.05) is 55.7 Å². The fourth-order valence-electron chi connectivity index (χ4n) is 2.16. The Bertz CT molecular complexity index is 232. The first kappa shape index (κ1) is 14.5. The van der Waals surface area contributed by atoms with Crippen LogP contribution in [0.1, 0.15) is 39.5 Å². The highest BCUT2D eigenvalue weighted by Crippen LogP contribution is 2.51. The minimum atomic E-state index is -4.22. The van der Waals surface area contributed by atoms with Crippen LogP contribution in [0.5, 0.6) is 0 Å². The highest BCUT2D eigenvalue weighted by atomic mass is 127. The molecule has 1 heterocycles. The molecule has 96 valence electrons. The molecule has 1 saturated heterocycles. The molecule has 1 aliphatic heterocycles. The van der Waals surface area contributed by atoms with E-state index in [-0.39, 0.29) is 6.10 Å². The van der Waals surface area contributed by atoms with E-state index >= 15 is 0 Å². The summed E-state index contributed by atoms with van der Waals surface area (Å²) in [6, 6.07) is 0. The first-order valence-electron chi connectivity index (χ1n) is 5.64. The largest absolute Gasteiger partial charge is 0.415 e. The molecule has 0 saturated carbocycles. The van der Waals surface area contributed by atoms with E-state index in [1.807, 2.05) is 22.6 Å². The van der Waals surface area contributed by atoms with E-state index in [0.717, 1.165) is 25.7 Å². The molecule has 0 aliphatic carbocycles. The molecule has 1 aliphatic rings. The molecule has 5 heteroatoms. The molecule has 16 heavy (non-hydrogen) atoms. The van der Waals surface area contributed by atoms with Gasteiger partial charge in [0.2, 0.25) is 0 Å². The summed E-state index contributed by atoms with van der Waals surface area (Å²) in [5.74, 6) is 0. The van der Waals surface area contributed by atoms with Gasteiger partial charge in [0.1, 0.15) is 0 Å². The normalized spacial score (nSPS) is 34.9. The number of rotatable bonds is 5. The summed E-state index contributed by atoms with van der Waals surface area (Å²) in [4.78, 5) is 0. The molecule has 0 amide bonds. The Morgan fingerprint density at radius 3 is 2.38 bits per heavy atom. The lowest BCUT2D eigenvalue weighted by Gasteiger charge is -2.53. The minimum absolute atomic E-state index is 0.220. The van der Waals surface area contributed by atoms with Crippen molar-refractivity contribution in [2.45, 2.75) is 57.9 Å². The lowest BCUT2D eigenvalue weighted by atomic mass is 9.73. The Hall–Kier alpha value is 0.480. The maximum absolute atomic E-state index is 12.6. The van der Waals surface area contributed by atoms with E-state index in [1.54, 1.807) is 6.92 Å². The third-order valence-corrected chi connectivity index (χ3v) is 4.93. The van der Waals surface area contributed by atoms with Crippen LogP contribution in [0.25, 0.3) is 0 Å². The third kappa shape index (κ3) is 2.83. The van der Waals surface area contributed by atoms with Crippen LogP contribution in [0.2, 0.25) is 0 Å². The average Bonchev–Trinajstić information content (AvgIpc) is 2.19. The number of hydrogen-bond donors (Lipinski definition) is 0. The van der Waals surface area contributed by atoms with Crippen molar-refractivity contribution in [3.63, 3.8) is 0 Å². The van der Waals surface area contributed by atoms with Crippen LogP contribution in [-0.2, 0) is 4.74 Å². The fraction of sp³-hybridized carbons (Fsp3) is 1.00. The molecule has 1 nitrogen and oxygen atoms in total. The summed E-state index contributed by atoms with van der Waals surface area (Å²) < 4.78 is 43.4. The van der Waals surface area contributed by atoms with Gasteiger partial charge in [-0.15, -0.1) is 0 Å². The second-order valence-corrected chi connectivity index (χ2v) is 5.44. The van der Waals surface area contributed by atoms with Crippen molar-refractivity contribution in [3.8, 4) is 0 Å². The summed E-state index contributed by atoms with van der Waals surface area (Å²) in [5.41, 5.74) is -0.730. The Morgan fingerprint density at radius 1 is 1.31 bits per heavy atom. The molecule has 0 bridgehead atoms. The van der Waals surface area contributed by atoms with Gasteiger partial charge >= 0.3 is 6.18 Å². The van der Waals surface area contributed by atoms with Crippen LogP contribution in [0.3, 0.4) is 0 Å². The van der Waals surface area contributed by atoms with Crippen molar-refractivity contribution in [2.24, 2.45) is 5.41 Å². The van der Waals surface area contributed by atoms with Crippen LogP contribution in [0.4, 0.5) is 13.2 Å². The standard InChI is InChI=1S/C11H18F3IO/c1-3-4-5-6-8-10(2,7-15)9(16-8)11(12,13)14/h8-9H,3-7H2,1-2H3. The Kier molecular flexibility index (Phi) is 4.92. The van der Waals surface area contributed by atoms with E-state index in [9.17, 15) is 13.2 Å². The van der Waals surface area contributed by atoms with Gasteiger partial charge in [0.25, 0.3) is 0 Å². The zero-order chi connectivity index (χ0) is 12.4. The first-order chi connectivity index (χ1) is 7.36. The molecule has 0 radical (unpaired) electrons. The van der Waals surface area contributed by atoms with Crippen molar-refractivity contribution < 1.29 is 17.9 Å². The molecule has 3 atom stereocenters. The molecule has 0 aromatic carbocycles. The van der Waals surface area contributed by atoms with Crippen molar-refractivity contribution in [3.05, 3.63) is 0 Å². The fourth-order valence-corrected chi connectivity index (χ4v) is 3.05. The summed E-state index contributed by atoms with van der Waals surface area (Å²) >= 11 is 2.03. The number of ether oxygens (including phenoxy) is 1. The maximum atomic E-state index is 12.6. The van der Waals surface area contributed by atoms with Gasteiger partial charge in [0, 0.05) is 9.84 Å². The van der Waals surface area contributed by atoms with Gasteiger partial charge in [0.15, 0.2) is 6.10 Å². The van der Waals surface area contributed by atoms with E-state index in [1.165, 1.54) is 0 Å². The number of unbranched alkanes of at least 4 members (excludes halogenated alkanes) is 2. The molecule has 0 N–H and O–H groups in total. The Labute approximate surface area is 108 Å². The van der Waals surface area contributed by atoms with Crippen LogP contribution in [0.15, 0.2) is 0 Å². The van der Waals surface area contributed by atoms with Crippen molar-refractivity contribution in [1.82, 2.24) is 0 Å². The van der Waals surface area contributed by atoms with Crippen molar-refractivity contribution >= 4 is 22.6 Å². The van der Waals surface area contributed by atoms with Gasteiger partial charge in [-0.05, 0) is 6.42 Å². The predicted molar refractivity (Wildman–Crippen MR) is 65.9 cm³/mol. The second kappa shape index (κ2) is 5.42. The molecule has 0 aromatic rings. The summed E-state index contributed by atoms with van der Waals surface area (Å²) in [6.07, 6.45) is -2.16. The van der Waals surface area contributed by atoms with E-state index in [0.29, 0.717) is 4.43 Å². The SMILES string of the molecule is CCCCCC1OC(C(F)(F)F)C1(C)CI. The lowest BCUT2D eigenvalue weighted by Crippen LogP contribution is -2.64. The number of hydrogen-bond acceptors (Lipinski definition) is 1. The van der Waals surface area contributed by atoms with E-state index in [2.05, 4.69) is 6.92 Å². The van der Waals surface area contributed by atoms with E-state index < -0.39 is 17.7 Å². The molecular formula is C11H18F3IO. The van der Waals surface area contributed by atoms with Gasteiger partial charge in [-0.25, -0.2) is 0 Å².